The van der Waals surface area contributed by atoms with Crippen LogP contribution in [0, 0.1) is 11.6 Å². The molecule has 2 nitrogen and oxygen atoms in total. The average molecular weight is 249 g/mol. The van der Waals surface area contributed by atoms with E-state index in [0.29, 0.717) is 5.56 Å². The first-order valence-electron chi connectivity index (χ1n) is 5.57. The first-order chi connectivity index (χ1) is 8.58. The number of phenolic OH excluding ortho intramolecular Hbond substituents is 1. The van der Waals surface area contributed by atoms with Crippen LogP contribution in [0.4, 0.5) is 14.5 Å². The molecule has 2 aromatic carbocycles. The Morgan fingerprint density at radius 1 is 1.11 bits per heavy atom. The van der Waals surface area contributed by atoms with Crippen LogP contribution in [0.1, 0.15) is 18.5 Å². The highest BCUT2D eigenvalue weighted by Crippen LogP contribution is 2.27. The minimum Gasteiger partial charge on any atom is -0.508 e. The fourth-order valence-corrected chi connectivity index (χ4v) is 1.77. The molecule has 0 saturated carbocycles. The van der Waals surface area contributed by atoms with Crippen molar-refractivity contribution in [1.82, 2.24) is 0 Å². The predicted molar refractivity (Wildman–Crippen MR) is 66.5 cm³/mol. The van der Waals surface area contributed by atoms with Gasteiger partial charge in [0.2, 0.25) is 0 Å². The highest BCUT2D eigenvalue weighted by Gasteiger charge is 2.11. The smallest absolute Gasteiger partial charge is 0.149 e. The van der Waals surface area contributed by atoms with Gasteiger partial charge in [0.25, 0.3) is 0 Å². The van der Waals surface area contributed by atoms with E-state index < -0.39 is 11.6 Å². The maximum absolute atomic E-state index is 13.5. The minimum atomic E-state index is -0.655. The molecule has 0 bridgehead atoms. The maximum atomic E-state index is 13.5. The zero-order valence-corrected chi connectivity index (χ0v) is 9.82. The predicted octanol–water partition coefficient (Wildman–Crippen LogP) is 3.84. The van der Waals surface area contributed by atoms with Gasteiger partial charge in [-0.2, -0.15) is 0 Å². The van der Waals surface area contributed by atoms with Crippen molar-refractivity contribution in [2.45, 2.75) is 13.0 Å². The number of para-hydroxylation sites is 1. The van der Waals surface area contributed by atoms with Crippen molar-refractivity contribution >= 4 is 5.69 Å². The normalized spacial score (nSPS) is 12.2. The molecule has 18 heavy (non-hydrogen) atoms. The fraction of sp³-hybridized carbons (Fsp3) is 0.143. The van der Waals surface area contributed by atoms with Crippen molar-refractivity contribution in [3.05, 3.63) is 59.7 Å². The topological polar surface area (TPSA) is 32.3 Å². The van der Waals surface area contributed by atoms with E-state index in [2.05, 4.69) is 5.32 Å². The lowest BCUT2D eigenvalue weighted by Crippen LogP contribution is -2.08. The van der Waals surface area contributed by atoms with E-state index in [0.717, 1.165) is 6.07 Å². The number of anilines is 1. The van der Waals surface area contributed by atoms with Crippen LogP contribution in [-0.2, 0) is 0 Å². The molecule has 1 unspecified atom stereocenters. The van der Waals surface area contributed by atoms with Gasteiger partial charge in [0, 0.05) is 11.6 Å². The molecule has 1 atom stereocenters. The second kappa shape index (κ2) is 5.04. The van der Waals surface area contributed by atoms with Gasteiger partial charge in [0.1, 0.15) is 17.4 Å². The van der Waals surface area contributed by atoms with Gasteiger partial charge >= 0.3 is 0 Å². The molecule has 0 spiro atoms. The van der Waals surface area contributed by atoms with Gasteiger partial charge in [0.05, 0.1) is 11.7 Å². The summed E-state index contributed by atoms with van der Waals surface area (Å²) in [4.78, 5) is 0. The van der Waals surface area contributed by atoms with E-state index in [1.165, 1.54) is 12.1 Å². The Balaban J connectivity index is 2.21. The first-order valence-corrected chi connectivity index (χ1v) is 5.57. The molecular weight excluding hydrogens is 236 g/mol. The molecule has 2 aromatic rings. The SMILES string of the molecule is CC(Nc1ccc(F)cc1F)c1ccccc1O. The van der Waals surface area contributed by atoms with Gasteiger partial charge in [-0.05, 0) is 25.1 Å². The zero-order valence-electron chi connectivity index (χ0n) is 9.82. The summed E-state index contributed by atoms with van der Waals surface area (Å²) >= 11 is 0. The van der Waals surface area contributed by atoms with E-state index >= 15 is 0 Å². The summed E-state index contributed by atoms with van der Waals surface area (Å²) in [5.41, 5.74) is 0.855. The zero-order chi connectivity index (χ0) is 13.1. The van der Waals surface area contributed by atoms with Gasteiger partial charge in [-0.25, -0.2) is 8.78 Å². The third-order valence-electron chi connectivity index (χ3n) is 2.71. The van der Waals surface area contributed by atoms with E-state index in [4.69, 9.17) is 0 Å². The van der Waals surface area contributed by atoms with E-state index in [9.17, 15) is 13.9 Å². The lowest BCUT2D eigenvalue weighted by Gasteiger charge is -2.17. The molecule has 0 radical (unpaired) electrons. The minimum absolute atomic E-state index is 0.139. The molecule has 0 fully saturated rings. The van der Waals surface area contributed by atoms with Gasteiger partial charge in [-0.15, -0.1) is 0 Å². The summed E-state index contributed by atoms with van der Waals surface area (Å²) in [6, 6.07) is 9.86. The fourth-order valence-electron chi connectivity index (χ4n) is 1.77. The van der Waals surface area contributed by atoms with Crippen LogP contribution in [0.5, 0.6) is 5.75 Å². The largest absolute Gasteiger partial charge is 0.508 e. The number of halogens is 2. The molecule has 0 heterocycles. The number of rotatable bonds is 3. The monoisotopic (exact) mass is 249 g/mol. The molecule has 4 heteroatoms. The lowest BCUT2D eigenvalue weighted by atomic mass is 10.1. The Bertz CT molecular complexity index is 557. The number of nitrogens with one attached hydrogen (secondary N) is 1. The quantitative estimate of drug-likeness (QED) is 0.866. The average Bonchev–Trinajstić information content (AvgIpc) is 2.33. The highest BCUT2D eigenvalue weighted by atomic mass is 19.1. The van der Waals surface area contributed by atoms with Gasteiger partial charge in [-0.3, -0.25) is 0 Å². The Kier molecular flexibility index (Phi) is 3.46. The number of aromatic hydroxyl groups is 1. The van der Waals surface area contributed by atoms with Crippen LogP contribution in [0.2, 0.25) is 0 Å². The van der Waals surface area contributed by atoms with Crippen molar-refractivity contribution in [1.29, 1.82) is 0 Å². The van der Waals surface area contributed by atoms with E-state index in [1.54, 1.807) is 31.2 Å². The molecule has 0 aliphatic carbocycles. The second-order valence-electron chi connectivity index (χ2n) is 4.05. The van der Waals surface area contributed by atoms with Gasteiger partial charge in [-0.1, -0.05) is 18.2 Å². The van der Waals surface area contributed by atoms with Gasteiger partial charge < -0.3 is 10.4 Å². The Hall–Kier alpha value is -2.10. The molecule has 2 N–H and O–H groups in total. The first kappa shape index (κ1) is 12.4. The molecular formula is C14H13F2NO. The molecule has 94 valence electrons. The van der Waals surface area contributed by atoms with Crippen LogP contribution >= 0.6 is 0 Å². The van der Waals surface area contributed by atoms with Crippen molar-refractivity contribution in [3.8, 4) is 5.75 Å². The second-order valence-corrected chi connectivity index (χ2v) is 4.05. The van der Waals surface area contributed by atoms with Crippen molar-refractivity contribution in [2.75, 3.05) is 5.32 Å². The molecule has 0 aromatic heterocycles. The van der Waals surface area contributed by atoms with Gasteiger partial charge in [0.15, 0.2) is 0 Å². The third-order valence-corrected chi connectivity index (χ3v) is 2.71. The van der Waals surface area contributed by atoms with Crippen LogP contribution in [0.15, 0.2) is 42.5 Å². The van der Waals surface area contributed by atoms with Crippen molar-refractivity contribution in [3.63, 3.8) is 0 Å². The number of hydrogen-bond acceptors (Lipinski definition) is 2. The summed E-state index contributed by atoms with van der Waals surface area (Å²) in [6.07, 6.45) is 0. The summed E-state index contributed by atoms with van der Waals surface area (Å²) in [5.74, 6) is -1.13. The lowest BCUT2D eigenvalue weighted by molar-refractivity contribution is 0.465. The van der Waals surface area contributed by atoms with Crippen LogP contribution in [0.3, 0.4) is 0 Å². The summed E-state index contributed by atoms with van der Waals surface area (Å²) in [5, 5.41) is 12.6. The summed E-state index contributed by atoms with van der Waals surface area (Å²) < 4.78 is 26.2. The summed E-state index contributed by atoms with van der Waals surface area (Å²) in [7, 11) is 0. The molecule has 0 saturated heterocycles. The third kappa shape index (κ3) is 2.59. The standard InChI is InChI=1S/C14H13F2NO/c1-9(11-4-2-3-5-14(11)18)17-13-7-6-10(15)8-12(13)16/h2-9,17-18H,1H3. The highest BCUT2D eigenvalue weighted by molar-refractivity contribution is 5.48. The molecule has 0 aliphatic heterocycles. The maximum Gasteiger partial charge on any atom is 0.149 e. The number of benzene rings is 2. The Morgan fingerprint density at radius 3 is 2.50 bits per heavy atom. The number of phenols is 1. The van der Waals surface area contributed by atoms with E-state index in [1.807, 2.05) is 0 Å². The number of hydrogen-bond donors (Lipinski definition) is 2. The molecule has 2 rings (SSSR count). The molecule has 0 aliphatic rings. The van der Waals surface area contributed by atoms with Crippen LogP contribution in [0.25, 0.3) is 0 Å². The van der Waals surface area contributed by atoms with E-state index in [-0.39, 0.29) is 17.5 Å². The van der Waals surface area contributed by atoms with Crippen molar-refractivity contribution in [2.24, 2.45) is 0 Å². The molecule has 0 amide bonds. The van der Waals surface area contributed by atoms with Crippen molar-refractivity contribution < 1.29 is 13.9 Å². The summed E-state index contributed by atoms with van der Waals surface area (Å²) in [6.45, 7) is 1.79. The van der Waals surface area contributed by atoms with Crippen LogP contribution in [-0.4, -0.2) is 5.11 Å². The Labute approximate surface area is 104 Å². The Morgan fingerprint density at radius 2 is 1.83 bits per heavy atom. The van der Waals surface area contributed by atoms with Crippen LogP contribution < -0.4 is 5.32 Å².